The highest BCUT2D eigenvalue weighted by Crippen LogP contribution is 2.34. The van der Waals surface area contributed by atoms with Crippen molar-refractivity contribution >= 4 is 54.2 Å². The van der Waals surface area contributed by atoms with E-state index in [9.17, 15) is 9.90 Å². The molecule has 0 fully saturated rings. The van der Waals surface area contributed by atoms with Crippen LogP contribution in [-0.2, 0) is 0 Å². The first kappa shape index (κ1) is 17.1. The zero-order valence-corrected chi connectivity index (χ0v) is 16.5. The van der Waals surface area contributed by atoms with Crippen LogP contribution in [-0.4, -0.2) is 16.0 Å². The van der Waals surface area contributed by atoms with Gasteiger partial charge in [-0.05, 0) is 35.0 Å². The maximum absolute atomic E-state index is 12.5. The number of anilines is 1. The summed E-state index contributed by atoms with van der Waals surface area (Å²) in [7, 11) is 0. The second kappa shape index (κ2) is 7.04. The molecule has 1 aromatic heterocycles. The number of rotatable bonds is 3. The first-order valence-electron chi connectivity index (χ1n) is 6.98. The Balaban J connectivity index is 1.89. The molecule has 0 spiro atoms. The Morgan fingerprint density at radius 2 is 1.92 bits per heavy atom. The molecule has 0 aliphatic carbocycles. The molecule has 0 bridgehead atoms. The Hall–Kier alpha value is -1.70. The number of thiazole rings is 1. The van der Waals surface area contributed by atoms with Crippen LogP contribution in [0.15, 0.2) is 51.4 Å². The van der Waals surface area contributed by atoms with Gasteiger partial charge in [0.25, 0.3) is 5.91 Å². The summed E-state index contributed by atoms with van der Waals surface area (Å²) in [6, 6.07) is 13.0. The van der Waals surface area contributed by atoms with Crippen LogP contribution in [0.25, 0.3) is 11.3 Å². The van der Waals surface area contributed by atoms with Gasteiger partial charge in [0.2, 0.25) is 0 Å². The maximum Gasteiger partial charge on any atom is 0.261 e. The molecule has 0 saturated heterocycles. The third-order valence-corrected chi connectivity index (χ3v) is 5.29. The highest BCUT2D eigenvalue weighted by atomic mass is 79.9. The SMILES string of the molecule is Cc1sc(NC(=O)c2cc(Br)cc(Br)c2O)nc1-c1ccccc1. The molecule has 1 amide bonds. The van der Waals surface area contributed by atoms with Gasteiger partial charge in [-0.15, -0.1) is 11.3 Å². The van der Waals surface area contributed by atoms with E-state index in [0.29, 0.717) is 14.1 Å². The second-order valence-corrected chi connectivity index (χ2v) is 8.00. The molecule has 4 nitrogen and oxygen atoms in total. The fourth-order valence-corrected chi connectivity index (χ4v) is 4.27. The molecule has 0 saturated carbocycles. The fourth-order valence-electron chi connectivity index (χ4n) is 2.22. The van der Waals surface area contributed by atoms with E-state index in [1.165, 1.54) is 11.3 Å². The quantitative estimate of drug-likeness (QED) is 0.526. The molecule has 24 heavy (non-hydrogen) atoms. The second-order valence-electron chi connectivity index (χ2n) is 5.03. The number of aromatic hydroxyl groups is 1. The van der Waals surface area contributed by atoms with Gasteiger partial charge >= 0.3 is 0 Å². The number of nitrogens with zero attached hydrogens (tertiary/aromatic N) is 1. The molecular formula is C17H12Br2N2O2S. The van der Waals surface area contributed by atoms with Gasteiger partial charge in [0.05, 0.1) is 15.7 Å². The van der Waals surface area contributed by atoms with E-state index in [4.69, 9.17) is 0 Å². The van der Waals surface area contributed by atoms with Gasteiger partial charge in [-0.25, -0.2) is 4.98 Å². The van der Waals surface area contributed by atoms with Crippen molar-refractivity contribution in [2.24, 2.45) is 0 Å². The van der Waals surface area contributed by atoms with E-state index in [1.54, 1.807) is 12.1 Å². The van der Waals surface area contributed by atoms with Crippen molar-refractivity contribution in [3.8, 4) is 17.0 Å². The van der Waals surface area contributed by atoms with Crippen molar-refractivity contribution in [3.63, 3.8) is 0 Å². The third-order valence-electron chi connectivity index (χ3n) is 3.34. The Kier molecular flexibility index (Phi) is 5.03. The monoisotopic (exact) mass is 466 g/mol. The molecule has 0 unspecified atom stereocenters. The van der Waals surface area contributed by atoms with Gasteiger partial charge in [0, 0.05) is 14.9 Å². The van der Waals surface area contributed by atoms with E-state index < -0.39 is 5.91 Å². The topological polar surface area (TPSA) is 62.2 Å². The van der Waals surface area contributed by atoms with Crippen molar-refractivity contribution in [1.82, 2.24) is 4.98 Å². The van der Waals surface area contributed by atoms with Gasteiger partial charge in [0.1, 0.15) is 5.75 Å². The summed E-state index contributed by atoms with van der Waals surface area (Å²) in [5, 5.41) is 13.3. The molecule has 0 atom stereocenters. The first-order chi connectivity index (χ1) is 11.5. The van der Waals surface area contributed by atoms with Crippen molar-refractivity contribution in [1.29, 1.82) is 0 Å². The molecule has 0 aliphatic rings. The van der Waals surface area contributed by atoms with Gasteiger partial charge in [-0.1, -0.05) is 46.3 Å². The number of hydrogen-bond acceptors (Lipinski definition) is 4. The van der Waals surface area contributed by atoms with Crippen LogP contribution in [0.5, 0.6) is 5.75 Å². The number of amides is 1. The average Bonchev–Trinajstić information content (AvgIpc) is 2.92. The minimum atomic E-state index is -0.414. The Morgan fingerprint density at radius 1 is 1.21 bits per heavy atom. The molecule has 1 heterocycles. The summed E-state index contributed by atoms with van der Waals surface area (Å²) in [4.78, 5) is 18.0. The van der Waals surface area contributed by atoms with Crippen molar-refractivity contribution < 1.29 is 9.90 Å². The predicted molar refractivity (Wildman–Crippen MR) is 104 cm³/mol. The van der Waals surface area contributed by atoms with Crippen LogP contribution >= 0.6 is 43.2 Å². The Morgan fingerprint density at radius 3 is 2.62 bits per heavy atom. The minimum Gasteiger partial charge on any atom is -0.506 e. The van der Waals surface area contributed by atoms with Crippen LogP contribution in [0.4, 0.5) is 5.13 Å². The first-order valence-corrected chi connectivity index (χ1v) is 9.38. The molecular weight excluding hydrogens is 456 g/mol. The lowest BCUT2D eigenvalue weighted by Crippen LogP contribution is -2.12. The number of nitrogens with one attached hydrogen (secondary N) is 1. The zero-order valence-electron chi connectivity index (χ0n) is 12.5. The van der Waals surface area contributed by atoms with Gasteiger partial charge in [0.15, 0.2) is 5.13 Å². The van der Waals surface area contributed by atoms with Gasteiger partial charge < -0.3 is 5.11 Å². The smallest absolute Gasteiger partial charge is 0.261 e. The molecule has 0 aliphatic heterocycles. The number of benzene rings is 2. The Bertz CT molecular complexity index is 910. The van der Waals surface area contributed by atoms with E-state index in [1.807, 2.05) is 37.3 Å². The van der Waals surface area contributed by atoms with Crippen LogP contribution in [0.1, 0.15) is 15.2 Å². The number of carbonyl (C=O) groups is 1. The van der Waals surface area contributed by atoms with E-state index in [0.717, 1.165) is 16.1 Å². The van der Waals surface area contributed by atoms with Crippen molar-refractivity contribution in [3.05, 3.63) is 61.9 Å². The summed E-state index contributed by atoms with van der Waals surface area (Å²) in [6.45, 7) is 1.96. The molecule has 3 aromatic rings. The maximum atomic E-state index is 12.5. The number of aromatic nitrogens is 1. The highest BCUT2D eigenvalue weighted by molar-refractivity contribution is 9.11. The number of carbonyl (C=O) groups excluding carboxylic acids is 1. The lowest BCUT2D eigenvalue weighted by atomic mass is 10.1. The highest BCUT2D eigenvalue weighted by Gasteiger charge is 2.17. The molecule has 7 heteroatoms. The molecule has 0 radical (unpaired) electrons. The molecule has 2 aromatic carbocycles. The van der Waals surface area contributed by atoms with Crippen LogP contribution in [0.3, 0.4) is 0 Å². The molecule has 122 valence electrons. The predicted octanol–water partition coefficient (Wildman–Crippen LogP) is 5.60. The summed E-state index contributed by atoms with van der Waals surface area (Å²) >= 11 is 7.94. The minimum absolute atomic E-state index is 0.104. The Labute approximate surface area is 159 Å². The number of aryl methyl sites for hydroxylation is 1. The summed E-state index contributed by atoms with van der Waals surface area (Å²) in [5.74, 6) is -0.518. The lowest BCUT2D eigenvalue weighted by Gasteiger charge is -2.07. The van der Waals surface area contributed by atoms with E-state index >= 15 is 0 Å². The lowest BCUT2D eigenvalue weighted by molar-refractivity contribution is 0.102. The number of phenolic OH excluding ortho intramolecular Hbond substituents is 1. The number of phenols is 1. The van der Waals surface area contributed by atoms with Crippen molar-refractivity contribution in [2.75, 3.05) is 5.32 Å². The standard InChI is InChI=1S/C17H12Br2N2O2S/c1-9-14(10-5-3-2-4-6-10)20-17(24-9)21-16(23)12-7-11(18)8-13(19)15(12)22/h2-8,22H,1H3,(H,20,21,23). The van der Waals surface area contributed by atoms with E-state index in [-0.39, 0.29) is 11.3 Å². The molecule has 2 N–H and O–H groups in total. The summed E-state index contributed by atoms with van der Waals surface area (Å²) in [5.41, 5.74) is 2.01. The van der Waals surface area contributed by atoms with Crippen LogP contribution in [0, 0.1) is 6.92 Å². The number of halogens is 2. The van der Waals surface area contributed by atoms with Crippen LogP contribution < -0.4 is 5.32 Å². The largest absolute Gasteiger partial charge is 0.506 e. The van der Waals surface area contributed by atoms with Gasteiger partial charge in [-0.2, -0.15) is 0 Å². The zero-order chi connectivity index (χ0) is 17.3. The van der Waals surface area contributed by atoms with E-state index in [2.05, 4.69) is 42.2 Å². The summed E-state index contributed by atoms with van der Waals surface area (Å²) < 4.78 is 1.14. The fraction of sp³-hybridized carbons (Fsp3) is 0.0588. The van der Waals surface area contributed by atoms with Crippen molar-refractivity contribution in [2.45, 2.75) is 6.92 Å². The van der Waals surface area contributed by atoms with Gasteiger partial charge in [-0.3, -0.25) is 10.1 Å². The normalized spacial score (nSPS) is 10.6. The summed E-state index contributed by atoms with van der Waals surface area (Å²) in [6.07, 6.45) is 0. The number of hydrogen-bond donors (Lipinski definition) is 2. The third kappa shape index (κ3) is 3.53. The van der Waals surface area contributed by atoms with Crippen LogP contribution in [0.2, 0.25) is 0 Å². The average molecular weight is 468 g/mol. The molecule has 3 rings (SSSR count).